The first-order valence-electron chi connectivity index (χ1n) is 8.34. The van der Waals surface area contributed by atoms with E-state index in [0.29, 0.717) is 6.54 Å². The Morgan fingerprint density at radius 2 is 2.08 bits per heavy atom. The summed E-state index contributed by atoms with van der Waals surface area (Å²) >= 11 is 1.71. The van der Waals surface area contributed by atoms with Crippen molar-refractivity contribution in [2.75, 3.05) is 13.1 Å². The number of thiophene rings is 1. The molecule has 1 fully saturated rings. The van der Waals surface area contributed by atoms with Crippen LogP contribution in [0.5, 0.6) is 0 Å². The van der Waals surface area contributed by atoms with Gasteiger partial charge in [-0.25, -0.2) is 0 Å². The Labute approximate surface area is 147 Å². The highest BCUT2D eigenvalue weighted by atomic mass is 32.1. The molecule has 1 aliphatic rings. The van der Waals surface area contributed by atoms with Gasteiger partial charge < -0.3 is 5.32 Å². The summed E-state index contributed by atoms with van der Waals surface area (Å²) in [6, 6.07) is 10.7. The van der Waals surface area contributed by atoms with E-state index in [0.717, 1.165) is 32.4 Å². The third kappa shape index (κ3) is 4.05. The quantitative estimate of drug-likeness (QED) is 0.846. The molecule has 4 heteroatoms. The largest absolute Gasteiger partial charge is 0.344 e. The molecule has 1 saturated heterocycles. The molecule has 0 bridgehead atoms. The zero-order valence-electron chi connectivity index (χ0n) is 13.7. The molecular formula is C20H22N2OS. The number of benzene rings is 1. The van der Waals surface area contributed by atoms with Crippen molar-refractivity contribution >= 4 is 17.2 Å². The number of piperidine rings is 1. The minimum absolute atomic E-state index is 0.0579. The van der Waals surface area contributed by atoms with E-state index in [1.165, 1.54) is 16.7 Å². The first-order valence-corrected chi connectivity index (χ1v) is 9.29. The van der Waals surface area contributed by atoms with Crippen molar-refractivity contribution in [1.82, 2.24) is 10.2 Å². The van der Waals surface area contributed by atoms with Crippen LogP contribution in [0.3, 0.4) is 0 Å². The van der Waals surface area contributed by atoms with Crippen molar-refractivity contribution in [3.05, 3.63) is 46.7 Å². The van der Waals surface area contributed by atoms with E-state index >= 15 is 0 Å². The lowest BCUT2D eigenvalue weighted by Gasteiger charge is -2.34. The summed E-state index contributed by atoms with van der Waals surface area (Å²) < 4.78 is 0. The molecule has 1 amide bonds. The molecule has 3 rings (SSSR count). The average Bonchev–Trinajstić information content (AvgIpc) is 3.15. The van der Waals surface area contributed by atoms with Crippen molar-refractivity contribution in [3.63, 3.8) is 0 Å². The normalized spacial score (nSPS) is 18.0. The van der Waals surface area contributed by atoms with Gasteiger partial charge in [0.2, 0.25) is 5.91 Å². The Balaban J connectivity index is 1.66. The minimum Gasteiger partial charge on any atom is -0.344 e. The van der Waals surface area contributed by atoms with Gasteiger partial charge in [-0.3, -0.25) is 9.69 Å². The number of hydrogen-bond donors (Lipinski definition) is 1. The average molecular weight is 338 g/mol. The van der Waals surface area contributed by atoms with Crippen LogP contribution in [0.25, 0.3) is 11.1 Å². The Hall–Kier alpha value is -2.09. The fraction of sp³-hybridized carbons (Fsp3) is 0.350. The smallest absolute Gasteiger partial charge is 0.238 e. The molecule has 0 aliphatic carbocycles. The first kappa shape index (κ1) is 16.8. The first-order chi connectivity index (χ1) is 11.8. The predicted molar refractivity (Wildman–Crippen MR) is 99.6 cm³/mol. The number of hydrogen-bond acceptors (Lipinski definition) is 3. The van der Waals surface area contributed by atoms with Gasteiger partial charge in [0, 0.05) is 6.54 Å². The molecule has 1 atom stereocenters. The Bertz CT molecular complexity index is 700. The topological polar surface area (TPSA) is 32.3 Å². The van der Waals surface area contributed by atoms with Crippen LogP contribution in [0, 0.1) is 12.3 Å². The molecule has 0 radical (unpaired) electrons. The SMILES string of the molecule is C#CCNC(=O)C1CCCCN1Cc1ccc(-c2ccsc2)cc1. The molecule has 0 saturated carbocycles. The summed E-state index contributed by atoms with van der Waals surface area (Å²) in [5.74, 6) is 2.53. The van der Waals surface area contributed by atoms with Gasteiger partial charge in [0.05, 0.1) is 12.6 Å². The molecule has 0 spiro atoms. The fourth-order valence-electron chi connectivity index (χ4n) is 3.20. The van der Waals surface area contributed by atoms with E-state index in [-0.39, 0.29) is 11.9 Å². The molecule has 1 N–H and O–H groups in total. The summed E-state index contributed by atoms with van der Waals surface area (Å²) in [7, 11) is 0. The summed E-state index contributed by atoms with van der Waals surface area (Å²) in [6.07, 6.45) is 8.39. The molecule has 124 valence electrons. The Kier molecular flexibility index (Phi) is 5.68. The number of carbonyl (C=O) groups is 1. The summed E-state index contributed by atoms with van der Waals surface area (Å²) in [4.78, 5) is 14.6. The van der Waals surface area contributed by atoms with Crippen LogP contribution >= 0.6 is 11.3 Å². The zero-order chi connectivity index (χ0) is 16.8. The number of rotatable bonds is 5. The molecule has 24 heavy (non-hydrogen) atoms. The Morgan fingerprint density at radius 3 is 2.79 bits per heavy atom. The number of nitrogens with one attached hydrogen (secondary N) is 1. The van der Waals surface area contributed by atoms with E-state index in [1.54, 1.807) is 11.3 Å². The molecule has 1 aromatic carbocycles. The van der Waals surface area contributed by atoms with Gasteiger partial charge in [0.15, 0.2) is 0 Å². The van der Waals surface area contributed by atoms with Gasteiger partial charge in [-0.05, 0) is 52.9 Å². The highest BCUT2D eigenvalue weighted by Gasteiger charge is 2.28. The third-order valence-corrected chi connectivity index (χ3v) is 5.16. The van der Waals surface area contributed by atoms with Crippen LogP contribution in [0.4, 0.5) is 0 Å². The molecule has 2 aromatic rings. The summed E-state index contributed by atoms with van der Waals surface area (Å²) in [5, 5.41) is 7.08. The van der Waals surface area contributed by atoms with Gasteiger partial charge in [0.1, 0.15) is 0 Å². The maximum atomic E-state index is 12.3. The van der Waals surface area contributed by atoms with Crippen LogP contribution in [0.2, 0.25) is 0 Å². The van der Waals surface area contributed by atoms with Crippen LogP contribution in [0.15, 0.2) is 41.1 Å². The summed E-state index contributed by atoms with van der Waals surface area (Å²) in [5.41, 5.74) is 3.74. The second kappa shape index (κ2) is 8.14. The van der Waals surface area contributed by atoms with Crippen molar-refractivity contribution in [3.8, 4) is 23.5 Å². The molecule has 1 aliphatic heterocycles. The second-order valence-electron chi connectivity index (χ2n) is 6.11. The van der Waals surface area contributed by atoms with Crippen molar-refractivity contribution in [1.29, 1.82) is 0 Å². The standard InChI is InChI=1S/C20H22N2OS/c1-2-11-21-20(23)19-5-3-4-12-22(19)14-16-6-8-17(9-7-16)18-10-13-24-15-18/h1,6-10,13,15,19H,3-5,11-12,14H2,(H,21,23). The lowest BCUT2D eigenvalue weighted by atomic mass is 9.99. The third-order valence-electron chi connectivity index (χ3n) is 4.48. The number of nitrogens with zero attached hydrogens (tertiary/aromatic N) is 1. The van der Waals surface area contributed by atoms with Crippen molar-refractivity contribution < 1.29 is 4.79 Å². The maximum Gasteiger partial charge on any atom is 0.238 e. The number of carbonyl (C=O) groups excluding carboxylic acids is 1. The van der Waals surface area contributed by atoms with E-state index in [9.17, 15) is 4.79 Å². The lowest BCUT2D eigenvalue weighted by Crippen LogP contribution is -2.49. The second-order valence-corrected chi connectivity index (χ2v) is 6.89. The predicted octanol–water partition coefficient (Wildman–Crippen LogP) is 3.52. The molecule has 1 unspecified atom stereocenters. The molecule has 2 heterocycles. The van der Waals surface area contributed by atoms with Crippen molar-refractivity contribution in [2.45, 2.75) is 31.8 Å². The van der Waals surface area contributed by atoms with Crippen molar-refractivity contribution in [2.24, 2.45) is 0 Å². The minimum atomic E-state index is -0.0661. The number of terminal acetylenes is 1. The van der Waals surface area contributed by atoms with E-state index in [4.69, 9.17) is 6.42 Å². The van der Waals surface area contributed by atoms with Gasteiger partial charge in [-0.1, -0.05) is 36.6 Å². The van der Waals surface area contributed by atoms with E-state index < -0.39 is 0 Å². The number of amides is 1. The van der Waals surface area contributed by atoms with Crippen LogP contribution < -0.4 is 5.32 Å². The van der Waals surface area contributed by atoms with Gasteiger partial charge in [-0.2, -0.15) is 11.3 Å². The van der Waals surface area contributed by atoms with Crippen LogP contribution in [-0.4, -0.2) is 29.9 Å². The van der Waals surface area contributed by atoms with Gasteiger partial charge in [0.25, 0.3) is 0 Å². The lowest BCUT2D eigenvalue weighted by molar-refractivity contribution is -0.127. The highest BCUT2D eigenvalue weighted by Crippen LogP contribution is 2.24. The highest BCUT2D eigenvalue weighted by molar-refractivity contribution is 7.08. The van der Waals surface area contributed by atoms with E-state index in [2.05, 4.69) is 57.2 Å². The fourth-order valence-corrected chi connectivity index (χ4v) is 3.86. The molecule has 1 aromatic heterocycles. The maximum absolute atomic E-state index is 12.3. The monoisotopic (exact) mass is 338 g/mol. The van der Waals surface area contributed by atoms with Gasteiger partial charge >= 0.3 is 0 Å². The molecular weight excluding hydrogens is 316 g/mol. The number of likely N-dealkylation sites (tertiary alicyclic amines) is 1. The summed E-state index contributed by atoms with van der Waals surface area (Å²) in [6.45, 7) is 2.07. The van der Waals surface area contributed by atoms with Crippen LogP contribution in [-0.2, 0) is 11.3 Å². The Morgan fingerprint density at radius 1 is 1.25 bits per heavy atom. The van der Waals surface area contributed by atoms with E-state index in [1.807, 2.05) is 0 Å². The zero-order valence-corrected chi connectivity index (χ0v) is 14.5. The molecule has 3 nitrogen and oxygen atoms in total. The van der Waals surface area contributed by atoms with Gasteiger partial charge in [-0.15, -0.1) is 6.42 Å². The van der Waals surface area contributed by atoms with Crippen LogP contribution in [0.1, 0.15) is 24.8 Å².